The molecule has 150 valence electrons. The molecule has 5 rings (SSSR count). The standard InChI is InChI=1S/C24H33N3O/c1-26-14-16-13-22-20(19-10-7-11-21(26)23(16)19)12-17(15-27(22)2)24(28)25-18-8-5-3-4-6-9-18/h7,10-11,14,17-18,20,22H,3-6,8-9,12-13,15H2,1-2H3,(H,25,28)/t17-,20-,22-/m1/s1. The van der Waals surface area contributed by atoms with Crippen LogP contribution < -0.4 is 5.32 Å². The van der Waals surface area contributed by atoms with Gasteiger partial charge < -0.3 is 14.8 Å². The molecule has 2 aromatic rings. The molecule has 1 saturated carbocycles. The molecule has 1 saturated heterocycles. The van der Waals surface area contributed by atoms with E-state index in [1.807, 2.05) is 0 Å². The van der Waals surface area contributed by atoms with E-state index in [9.17, 15) is 4.79 Å². The van der Waals surface area contributed by atoms with E-state index in [0.717, 1.165) is 32.2 Å². The van der Waals surface area contributed by atoms with Crippen LogP contribution in [0.25, 0.3) is 10.9 Å². The zero-order valence-electron chi connectivity index (χ0n) is 17.3. The van der Waals surface area contributed by atoms with Gasteiger partial charge in [-0.15, -0.1) is 0 Å². The van der Waals surface area contributed by atoms with E-state index < -0.39 is 0 Å². The Hall–Kier alpha value is -1.81. The summed E-state index contributed by atoms with van der Waals surface area (Å²) in [7, 11) is 4.37. The number of fused-ring (bicyclic) bond motifs is 2. The number of carbonyl (C=O) groups excluding carboxylic acids is 1. The minimum atomic E-state index is 0.107. The highest BCUT2D eigenvalue weighted by Gasteiger charge is 2.41. The maximum Gasteiger partial charge on any atom is 0.224 e. The van der Waals surface area contributed by atoms with Crippen LogP contribution in [0.3, 0.4) is 0 Å². The lowest BCUT2D eigenvalue weighted by atomic mass is 9.72. The highest BCUT2D eigenvalue weighted by Crippen LogP contribution is 2.44. The lowest BCUT2D eigenvalue weighted by Crippen LogP contribution is -2.52. The van der Waals surface area contributed by atoms with Crippen LogP contribution in [0.2, 0.25) is 0 Å². The molecule has 1 aromatic heterocycles. The van der Waals surface area contributed by atoms with Crippen molar-refractivity contribution in [3.8, 4) is 0 Å². The Bertz CT molecular complexity index is 877. The molecule has 0 spiro atoms. The second-order valence-corrected chi connectivity index (χ2v) is 9.45. The van der Waals surface area contributed by atoms with Gasteiger partial charge >= 0.3 is 0 Å². The van der Waals surface area contributed by atoms with Gasteiger partial charge in [-0.2, -0.15) is 0 Å². The van der Waals surface area contributed by atoms with Crippen LogP contribution in [-0.4, -0.2) is 41.1 Å². The molecule has 4 heteroatoms. The summed E-state index contributed by atoms with van der Waals surface area (Å²) in [5.74, 6) is 0.862. The van der Waals surface area contributed by atoms with Gasteiger partial charge in [-0.05, 0) is 49.9 Å². The molecule has 0 bridgehead atoms. The molecule has 0 unspecified atom stereocenters. The van der Waals surface area contributed by atoms with Crippen LogP contribution in [0.5, 0.6) is 0 Å². The lowest BCUT2D eigenvalue weighted by Gasteiger charge is -2.45. The molecule has 1 amide bonds. The number of likely N-dealkylation sites (N-methyl/N-ethyl adjacent to an activating group) is 1. The minimum absolute atomic E-state index is 0.107. The van der Waals surface area contributed by atoms with E-state index in [1.165, 1.54) is 47.7 Å². The van der Waals surface area contributed by atoms with Gasteiger partial charge in [0.2, 0.25) is 5.91 Å². The van der Waals surface area contributed by atoms with Gasteiger partial charge in [-0.25, -0.2) is 0 Å². The molecule has 28 heavy (non-hydrogen) atoms. The Kier molecular flexibility index (Phi) is 4.70. The first-order valence-electron chi connectivity index (χ1n) is 11.2. The van der Waals surface area contributed by atoms with Crippen molar-refractivity contribution in [3.63, 3.8) is 0 Å². The Morgan fingerprint density at radius 1 is 1.11 bits per heavy atom. The summed E-state index contributed by atoms with van der Waals surface area (Å²) in [5.41, 5.74) is 4.27. The van der Waals surface area contributed by atoms with E-state index in [2.05, 4.69) is 53.3 Å². The van der Waals surface area contributed by atoms with E-state index in [-0.39, 0.29) is 5.92 Å². The van der Waals surface area contributed by atoms with Crippen LogP contribution in [0, 0.1) is 5.92 Å². The van der Waals surface area contributed by atoms with Crippen molar-refractivity contribution in [2.75, 3.05) is 13.6 Å². The summed E-state index contributed by atoms with van der Waals surface area (Å²) in [5, 5.41) is 4.87. The predicted molar refractivity (Wildman–Crippen MR) is 114 cm³/mol. The number of nitrogens with zero attached hydrogens (tertiary/aromatic N) is 2. The minimum Gasteiger partial charge on any atom is -0.353 e. The molecular weight excluding hydrogens is 346 g/mol. The molecule has 0 radical (unpaired) electrons. The monoisotopic (exact) mass is 379 g/mol. The zero-order chi connectivity index (χ0) is 19.3. The Labute approximate surface area is 168 Å². The highest BCUT2D eigenvalue weighted by atomic mass is 16.2. The molecule has 1 aromatic carbocycles. The largest absolute Gasteiger partial charge is 0.353 e. The van der Waals surface area contributed by atoms with Gasteiger partial charge in [0.25, 0.3) is 0 Å². The van der Waals surface area contributed by atoms with E-state index in [4.69, 9.17) is 0 Å². The third-order valence-corrected chi connectivity index (χ3v) is 7.60. The number of hydrogen-bond acceptors (Lipinski definition) is 2. The quantitative estimate of drug-likeness (QED) is 0.802. The zero-order valence-corrected chi connectivity index (χ0v) is 17.3. The molecule has 1 N–H and O–H groups in total. The number of rotatable bonds is 2. The summed E-state index contributed by atoms with van der Waals surface area (Å²) >= 11 is 0. The maximum atomic E-state index is 13.1. The predicted octanol–water partition coefficient (Wildman–Crippen LogP) is 3.98. The summed E-state index contributed by atoms with van der Waals surface area (Å²) in [4.78, 5) is 15.6. The Morgan fingerprint density at radius 3 is 2.68 bits per heavy atom. The first kappa shape index (κ1) is 18.2. The van der Waals surface area contributed by atoms with Gasteiger partial charge in [-0.3, -0.25) is 4.79 Å². The SMILES string of the molecule is CN1C[C@H](C(=O)NC2CCCCCC2)C[C@@H]2c3cccc4c3c(cn4C)C[C@H]21. The van der Waals surface area contributed by atoms with Gasteiger partial charge in [-0.1, -0.05) is 37.8 Å². The number of hydrogen-bond donors (Lipinski definition) is 1. The smallest absolute Gasteiger partial charge is 0.224 e. The highest BCUT2D eigenvalue weighted by molar-refractivity contribution is 5.89. The number of amides is 1. The molecule has 1 aliphatic heterocycles. The topological polar surface area (TPSA) is 37.3 Å². The van der Waals surface area contributed by atoms with Gasteiger partial charge in [0, 0.05) is 48.7 Å². The molecular formula is C24H33N3O. The van der Waals surface area contributed by atoms with Crippen molar-refractivity contribution in [1.29, 1.82) is 0 Å². The molecule has 2 fully saturated rings. The second kappa shape index (κ2) is 7.22. The average Bonchev–Trinajstić information content (AvgIpc) is 2.85. The molecule has 3 atom stereocenters. The second-order valence-electron chi connectivity index (χ2n) is 9.45. The average molecular weight is 380 g/mol. The number of piperidine rings is 1. The van der Waals surface area contributed by atoms with E-state index >= 15 is 0 Å². The number of nitrogens with one attached hydrogen (secondary N) is 1. The molecule has 4 nitrogen and oxygen atoms in total. The lowest BCUT2D eigenvalue weighted by molar-refractivity contribution is -0.128. The van der Waals surface area contributed by atoms with Gasteiger partial charge in [0.05, 0.1) is 5.92 Å². The fourth-order valence-corrected chi connectivity index (χ4v) is 6.15. The first-order chi connectivity index (χ1) is 13.6. The summed E-state index contributed by atoms with van der Waals surface area (Å²) in [6, 6.07) is 7.64. The maximum absolute atomic E-state index is 13.1. The van der Waals surface area contributed by atoms with E-state index in [0.29, 0.717) is 23.9 Å². The van der Waals surface area contributed by atoms with Crippen molar-refractivity contribution >= 4 is 16.8 Å². The normalized spacial score (nSPS) is 28.7. The fourth-order valence-electron chi connectivity index (χ4n) is 6.15. The molecule has 2 heterocycles. The van der Waals surface area contributed by atoms with Crippen molar-refractivity contribution in [2.45, 2.75) is 69.4 Å². The summed E-state index contributed by atoms with van der Waals surface area (Å²) in [6.45, 7) is 0.887. The van der Waals surface area contributed by atoms with Crippen molar-refractivity contribution < 1.29 is 4.79 Å². The number of benzene rings is 1. The van der Waals surface area contributed by atoms with Crippen LogP contribution >= 0.6 is 0 Å². The third kappa shape index (κ3) is 3.06. The van der Waals surface area contributed by atoms with Crippen molar-refractivity contribution in [2.24, 2.45) is 13.0 Å². The van der Waals surface area contributed by atoms with E-state index in [1.54, 1.807) is 0 Å². The number of likely N-dealkylation sites (tertiary alicyclic amines) is 1. The summed E-state index contributed by atoms with van der Waals surface area (Å²) < 4.78 is 2.27. The third-order valence-electron chi connectivity index (χ3n) is 7.60. The van der Waals surface area contributed by atoms with Crippen LogP contribution in [0.4, 0.5) is 0 Å². The Morgan fingerprint density at radius 2 is 1.89 bits per heavy atom. The van der Waals surface area contributed by atoms with Crippen molar-refractivity contribution in [3.05, 3.63) is 35.5 Å². The number of carbonyl (C=O) groups is 1. The Balaban J connectivity index is 1.39. The van der Waals surface area contributed by atoms with Crippen LogP contribution in [-0.2, 0) is 18.3 Å². The first-order valence-corrected chi connectivity index (χ1v) is 11.2. The van der Waals surface area contributed by atoms with Gasteiger partial charge in [0.15, 0.2) is 0 Å². The molecule has 2 aliphatic carbocycles. The number of aromatic nitrogens is 1. The van der Waals surface area contributed by atoms with Gasteiger partial charge in [0.1, 0.15) is 0 Å². The number of aryl methyl sites for hydroxylation is 1. The van der Waals surface area contributed by atoms with Crippen molar-refractivity contribution in [1.82, 2.24) is 14.8 Å². The summed E-state index contributed by atoms with van der Waals surface area (Å²) in [6.07, 6.45) is 11.9. The van der Waals surface area contributed by atoms with Crippen LogP contribution in [0.1, 0.15) is 62.0 Å². The van der Waals surface area contributed by atoms with Crippen LogP contribution in [0.15, 0.2) is 24.4 Å². The molecule has 3 aliphatic rings. The fraction of sp³-hybridized carbons (Fsp3) is 0.625.